The fourth-order valence-electron chi connectivity index (χ4n) is 0.631. The van der Waals surface area contributed by atoms with Crippen LogP contribution < -0.4 is 0 Å². The van der Waals surface area contributed by atoms with Crippen molar-refractivity contribution in [3.8, 4) is 0 Å². The first-order valence-corrected chi connectivity index (χ1v) is 4.04. The van der Waals surface area contributed by atoms with E-state index in [9.17, 15) is 4.79 Å². The lowest BCUT2D eigenvalue weighted by Gasteiger charge is -1.94. The Bertz CT molecular complexity index is 275. The Labute approximate surface area is 73.2 Å². The Hall–Kier alpha value is -0.670. The molecule has 0 radical (unpaired) electrons. The second kappa shape index (κ2) is 3.64. The van der Waals surface area contributed by atoms with Gasteiger partial charge in [0, 0.05) is 9.92 Å². The highest BCUT2D eigenvalue weighted by Crippen LogP contribution is 2.21. The molecule has 0 heterocycles. The highest BCUT2D eigenvalue weighted by Gasteiger charge is 2.00. The second-order valence-corrected chi connectivity index (χ2v) is 3.29. The van der Waals surface area contributed by atoms with Crippen molar-refractivity contribution in [3.05, 3.63) is 29.3 Å². The topological polar surface area (TPSA) is 37.3 Å². The average molecular weight is 189 g/mol. The first-order chi connectivity index (χ1) is 5.18. The van der Waals surface area contributed by atoms with E-state index >= 15 is 0 Å². The first-order valence-electron chi connectivity index (χ1n) is 2.85. The third-order valence-corrected chi connectivity index (χ3v) is 1.90. The monoisotopic (exact) mass is 188 g/mol. The molecule has 0 unspecified atom stereocenters. The molecule has 0 aliphatic rings. The van der Waals surface area contributed by atoms with Gasteiger partial charge in [-0.25, -0.2) is 4.79 Å². The van der Waals surface area contributed by atoms with Crippen LogP contribution in [0.15, 0.2) is 29.2 Å². The lowest BCUT2D eigenvalue weighted by Crippen LogP contribution is -1.81. The molecule has 1 aromatic rings. The van der Waals surface area contributed by atoms with E-state index in [1.807, 2.05) is 0 Å². The van der Waals surface area contributed by atoms with E-state index in [1.165, 1.54) is 0 Å². The van der Waals surface area contributed by atoms with E-state index in [2.05, 4.69) is 0 Å². The van der Waals surface area contributed by atoms with Gasteiger partial charge in [0.05, 0.1) is 0 Å². The molecule has 0 bridgehead atoms. The highest BCUT2D eigenvalue weighted by atomic mass is 35.5. The summed E-state index contributed by atoms with van der Waals surface area (Å²) in [5, 5.41) is 8.01. The van der Waals surface area contributed by atoms with Crippen LogP contribution in [0.25, 0.3) is 0 Å². The lowest BCUT2D eigenvalue weighted by molar-refractivity contribution is 0.222. The van der Waals surface area contributed by atoms with Crippen molar-refractivity contribution in [3.63, 3.8) is 0 Å². The van der Waals surface area contributed by atoms with Crippen molar-refractivity contribution in [2.75, 3.05) is 0 Å². The highest BCUT2D eigenvalue weighted by molar-refractivity contribution is 8.13. The van der Waals surface area contributed by atoms with Crippen LogP contribution in [0, 0.1) is 0 Å². The molecule has 0 aliphatic heterocycles. The van der Waals surface area contributed by atoms with Crippen molar-refractivity contribution < 1.29 is 9.90 Å². The van der Waals surface area contributed by atoms with E-state index in [4.69, 9.17) is 16.7 Å². The third kappa shape index (κ3) is 2.82. The largest absolute Gasteiger partial charge is 0.473 e. The van der Waals surface area contributed by atoms with Gasteiger partial charge in [-0.05, 0) is 30.0 Å². The number of hydrogen-bond donors (Lipinski definition) is 1. The van der Waals surface area contributed by atoms with Crippen molar-refractivity contribution >= 4 is 28.7 Å². The number of rotatable bonds is 1. The predicted octanol–water partition coefficient (Wildman–Crippen LogP) is 3.11. The lowest BCUT2D eigenvalue weighted by atomic mass is 10.4. The fourth-order valence-corrected chi connectivity index (χ4v) is 1.42. The minimum Gasteiger partial charge on any atom is -0.473 e. The average Bonchev–Trinajstić information content (AvgIpc) is 1.85. The van der Waals surface area contributed by atoms with Gasteiger partial charge in [-0.1, -0.05) is 17.7 Å². The summed E-state index contributed by atoms with van der Waals surface area (Å²) in [4.78, 5) is 10.8. The summed E-state index contributed by atoms with van der Waals surface area (Å²) < 4.78 is 0. The summed E-state index contributed by atoms with van der Waals surface area (Å²) in [6.45, 7) is 0. The summed E-state index contributed by atoms with van der Waals surface area (Å²) in [7, 11) is 0. The maximum absolute atomic E-state index is 10.2. The van der Waals surface area contributed by atoms with Crippen molar-refractivity contribution in [1.29, 1.82) is 0 Å². The number of thioether (sulfide) groups is 1. The number of halogens is 1. The van der Waals surface area contributed by atoms with E-state index in [0.29, 0.717) is 9.92 Å². The standard InChI is InChI=1S/C7H5ClO2S/c8-5-2-1-3-6(4-5)11-7(9)10/h1-4H,(H,9,10). The zero-order valence-electron chi connectivity index (χ0n) is 5.45. The van der Waals surface area contributed by atoms with Gasteiger partial charge < -0.3 is 5.11 Å². The quantitative estimate of drug-likeness (QED) is 0.689. The van der Waals surface area contributed by atoms with Gasteiger partial charge in [-0.3, -0.25) is 0 Å². The SMILES string of the molecule is O=C(O)Sc1cccc(Cl)c1. The number of carboxylic acid groups (broad SMARTS) is 1. The minimum absolute atomic E-state index is 0.552. The molecule has 0 saturated heterocycles. The molecule has 2 nitrogen and oxygen atoms in total. The molecule has 0 spiro atoms. The maximum atomic E-state index is 10.2. The van der Waals surface area contributed by atoms with Crippen molar-refractivity contribution in [1.82, 2.24) is 0 Å². The maximum Gasteiger partial charge on any atom is 0.369 e. The molecule has 1 N–H and O–H groups in total. The third-order valence-electron chi connectivity index (χ3n) is 1.00. The van der Waals surface area contributed by atoms with Gasteiger partial charge in [0.1, 0.15) is 0 Å². The van der Waals surface area contributed by atoms with E-state index < -0.39 is 5.30 Å². The molecule has 0 amide bonds. The first kappa shape index (κ1) is 8.43. The molecule has 0 aliphatic carbocycles. The molecule has 0 saturated carbocycles. The van der Waals surface area contributed by atoms with Gasteiger partial charge in [0.25, 0.3) is 0 Å². The fraction of sp³-hybridized carbons (Fsp3) is 0. The molecule has 1 rings (SSSR count). The molecule has 1 aromatic carbocycles. The second-order valence-electron chi connectivity index (χ2n) is 1.83. The number of carbonyl (C=O) groups is 1. The Balaban J connectivity index is 2.79. The number of benzene rings is 1. The Kier molecular flexibility index (Phi) is 2.79. The molecule has 0 aromatic heterocycles. The molecule has 11 heavy (non-hydrogen) atoms. The van der Waals surface area contributed by atoms with E-state index in [0.717, 1.165) is 11.8 Å². The van der Waals surface area contributed by atoms with Gasteiger partial charge in [-0.15, -0.1) is 0 Å². The van der Waals surface area contributed by atoms with E-state index in [-0.39, 0.29) is 0 Å². The van der Waals surface area contributed by atoms with Gasteiger partial charge in [0.2, 0.25) is 0 Å². The van der Waals surface area contributed by atoms with Crippen LogP contribution >= 0.6 is 23.4 Å². The molecule has 58 valence electrons. The Morgan fingerprint density at radius 2 is 2.27 bits per heavy atom. The van der Waals surface area contributed by atoms with Crippen LogP contribution in [-0.4, -0.2) is 10.4 Å². The minimum atomic E-state index is -0.924. The predicted molar refractivity (Wildman–Crippen MR) is 45.3 cm³/mol. The number of hydrogen-bond acceptors (Lipinski definition) is 2. The Morgan fingerprint density at radius 3 is 2.82 bits per heavy atom. The van der Waals surface area contributed by atoms with Crippen LogP contribution in [0.2, 0.25) is 5.02 Å². The van der Waals surface area contributed by atoms with Crippen LogP contribution in [0.5, 0.6) is 0 Å². The zero-order valence-corrected chi connectivity index (χ0v) is 7.02. The summed E-state index contributed by atoms with van der Waals surface area (Å²) in [6.07, 6.45) is 0. The Morgan fingerprint density at radius 1 is 1.55 bits per heavy atom. The van der Waals surface area contributed by atoms with Crippen LogP contribution in [-0.2, 0) is 0 Å². The van der Waals surface area contributed by atoms with Crippen molar-refractivity contribution in [2.24, 2.45) is 0 Å². The van der Waals surface area contributed by atoms with Gasteiger partial charge >= 0.3 is 5.30 Å². The van der Waals surface area contributed by atoms with Crippen LogP contribution in [0.1, 0.15) is 0 Å². The van der Waals surface area contributed by atoms with Crippen molar-refractivity contribution in [2.45, 2.75) is 4.90 Å². The summed E-state index contributed by atoms with van der Waals surface area (Å²) in [5.74, 6) is 0. The zero-order chi connectivity index (χ0) is 8.27. The molecular formula is C7H5ClO2S. The molecule has 4 heteroatoms. The smallest absolute Gasteiger partial charge is 0.369 e. The normalized spacial score (nSPS) is 9.55. The molecule has 0 atom stereocenters. The van der Waals surface area contributed by atoms with Crippen LogP contribution in [0.4, 0.5) is 4.79 Å². The summed E-state index contributed by atoms with van der Waals surface area (Å²) in [5.41, 5.74) is 0. The van der Waals surface area contributed by atoms with Gasteiger partial charge in [-0.2, -0.15) is 0 Å². The molecule has 0 fully saturated rings. The van der Waals surface area contributed by atoms with Gasteiger partial charge in [0.15, 0.2) is 0 Å². The summed E-state index contributed by atoms with van der Waals surface area (Å²) >= 11 is 6.37. The van der Waals surface area contributed by atoms with Crippen LogP contribution in [0.3, 0.4) is 0 Å². The van der Waals surface area contributed by atoms with E-state index in [1.54, 1.807) is 24.3 Å². The summed E-state index contributed by atoms with van der Waals surface area (Å²) in [6, 6.07) is 6.73. The molecular weight excluding hydrogens is 184 g/mol.